The Morgan fingerprint density at radius 2 is 1.79 bits per heavy atom. The minimum atomic E-state index is -0.218. The first kappa shape index (κ1) is 24.1. The van der Waals surface area contributed by atoms with Crippen molar-refractivity contribution >= 4 is 22.5 Å². The third kappa shape index (κ3) is 5.05. The van der Waals surface area contributed by atoms with Crippen molar-refractivity contribution in [3.63, 3.8) is 0 Å². The van der Waals surface area contributed by atoms with Gasteiger partial charge in [-0.1, -0.05) is 48.4 Å². The third-order valence-electron chi connectivity index (χ3n) is 6.45. The summed E-state index contributed by atoms with van der Waals surface area (Å²) in [5.41, 5.74) is 4.48. The number of pyridine rings is 1. The highest BCUT2D eigenvalue weighted by molar-refractivity contribution is 6.31. The van der Waals surface area contributed by atoms with Gasteiger partial charge in [0.2, 0.25) is 0 Å². The zero-order valence-electron chi connectivity index (χ0n) is 20.4. The summed E-state index contributed by atoms with van der Waals surface area (Å²) in [5, 5.41) is 14.2. The predicted molar refractivity (Wildman–Crippen MR) is 136 cm³/mol. The summed E-state index contributed by atoms with van der Waals surface area (Å²) in [5.74, 6) is 0.753. The lowest BCUT2D eigenvalue weighted by molar-refractivity contribution is 0.217. The molecule has 0 amide bonds. The quantitative estimate of drug-likeness (QED) is 0.379. The topological polar surface area (TPSA) is 79.7 Å². The molecule has 0 radical (unpaired) electrons. The Labute approximate surface area is 204 Å². The van der Waals surface area contributed by atoms with Crippen LogP contribution in [0.2, 0.25) is 5.02 Å². The van der Waals surface area contributed by atoms with E-state index in [2.05, 4.69) is 65.2 Å². The highest BCUT2D eigenvalue weighted by atomic mass is 35.5. The summed E-state index contributed by atoms with van der Waals surface area (Å²) in [7, 11) is 0. The van der Waals surface area contributed by atoms with Gasteiger partial charge in [-0.25, -0.2) is 4.68 Å². The fraction of sp³-hybridized carbons (Fsp3) is 0.385. The monoisotopic (exact) mass is 478 g/mol. The van der Waals surface area contributed by atoms with Gasteiger partial charge in [0.05, 0.1) is 17.6 Å². The number of halogens is 1. The van der Waals surface area contributed by atoms with Crippen molar-refractivity contribution in [3.05, 3.63) is 85.9 Å². The molecule has 2 heterocycles. The van der Waals surface area contributed by atoms with E-state index in [-0.39, 0.29) is 11.1 Å². The molecule has 1 N–H and O–H groups in total. The van der Waals surface area contributed by atoms with Crippen LogP contribution in [0.25, 0.3) is 10.9 Å². The molecule has 7 nitrogen and oxygen atoms in total. The van der Waals surface area contributed by atoms with Crippen LogP contribution in [0.3, 0.4) is 0 Å². The highest BCUT2D eigenvalue weighted by Crippen LogP contribution is 2.24. The van der Waals surface area contributed by atoms with Crippen molar-refractivity contribution in [2.45, 2.75) is 66.2 Å². The van der Waals surface area contributed by atoms with Crippen LogP contribution >= 0.6 is 11.6 Å². The van der Waals surface area contributed by atoms with E-state index in [0.29, 0.717) is 30.2 Å². The number of fused-ring (bicyclic) bond motifs is 1. The van der Waals surface area contributed by atoms with Gasteiger partial charge in [-0.05, 0) is 79.3 Å². The summed E-state index contributed by atoms with van der Waals surface area (Å²) in [6.45, 7) is 11.9. The van der Waals surface area contributed by atoms with Crippen molar-refractivity contribution in [3.8, 4) is 0 Å². The average molecular weight is 479 g/mol. The van der Waals surface area contributed by atoms with E-state index in [1.165, 1.54) is 0 Å². The van der Waals surface area contributed by atoms with Crippen molar-refractivity contribution in [1.29, 1.82) is 0 Å². The second kappa shape index (κ2) is 9.68. The molecule has 4 aromatic rings. The van der Waals surface area contributed by atoms with Gasteiger partial charge in [0, 0.05) is 23.7 Å². The number of aryl methyl sites for hydroxylation is 2. The number of nitrogens with zero attached hydrogens (tertiary/aromatic N) is 5. The zero-order valence-corrected chi connectivity index (χ0v) is 21.1. The number of H-pyrrole nitrogens is 1. The predicted octanol–water partition coefficient (Wildman–Crippen LogP) is 5.13. The second-order valence-electron chi connectivity index (χ2n) is 9.58. The van der Waals surface area contributed by atoms with Crippen LogP contribution in [0.4, 0.5) is 0 Å². The van der Waals surface area contributed by atoms with Crippen molar-refractivity contribution in [1.82, 2.24) is 30.1 Å². The molecule has 34 heavy (non-hydrogen) atoms. The molecule has 2 aromatic heterocycles. The van der Waals surface area contributed by atoms with Gasteiger partial charge in [-0.2, -0.15) is 0 Å². The Bertz CT molecular complexity index is 1370. The Balaban J connectivity index is 1.72. The Morgan fingerprint density at radius 1 is 1.06 bits per heavy atom. The molecule has 0 unspecified atom stereocenters. The minimum Gasteiger partial charge on any atom is -0.321 e. The van der Waals surface area contributed by atoms with Crippen molar-refractivity contribution in [2.75, 3.05) is 0 Å². The van der Waals surface area contributed by atoms with Gasteiger partial charge in [-0.3, -0.25) is 9.69 Å². The van der Waals surface area contributed by atoms with E-state index in [9.17, 15) is 4.79 Å². The van der Waals surface area contributed by atoms with Crippen LogP contribution in [-0.2, 0) is 25.2 Å². The van der Waals surface area contributed by atoms with Gasteiger partial charge in [-0.15, -0.1) is 5.10 Å². The Morgan fingerprint density at radius 3 is 2.53 bits per heavy atom. The molecule has 0 aliphatic carbocycles. The molecule has 178 valence electrons. The van der Waals surface area contributed by atoms with Crippen LogP contribution in [-0.4, -0.2) is 30.1 Å². The molecule has 4 rings (SSSR count). The molecule has 0 aliphatic heterocycles. The average Bonchev–Trinajstić information content (AvgIpc) is 3.25. The zero-order chi connectivity index (χ0) is 24.5. The van der Waals surface area contributed by atoms with Crippen LogP contribution in [0, 0.1) is 13.8 Å². The Kier molecular flexibility index (Phi) is 6.86. The molecule has 0 spiro atoms. The first-order valence-corrected chi connectivity index (χ1v) is 11.9. The fourth-order valence-corrected chi connectivity index (χ4v) is 4.45. The largest absolute Gasteiger partial charge is 0.321 e. The van der Waals surface area contributed by atoms with E-state index in [1.54, 1.807) is 0 Å². The van der Waals surface area contributed by atoms with Crippen LogP contribution in [0.15, 0.2) is 47.3 Å². The summed E-state index contributed by atoms with van der Waals surface area (Å²) >= 11 is 6.48. The third-order valence-corrected chi connectivity index (χ3v) is 6.82. The normalized spacial score (nSPS) is 12.1. The highest BCUT2D eigenvalue weighted by Gasteiger charge is 2.25. The fourth-order valence-electron chi connectivity index (χ4n) is 4.25. The molecule has 8 heteroatoms. The molecule has 0 aliphatic rings. The van der Waals surface area contributed by atoms with Gasteiger partial charge in [0.1, 0.15) is 0 Å². The molecular weight excluding hydrogens is 448 g/mol. The Hall–Kier alpha value is -3.03. The van der Waals surface area contributed by atoms with E-state index in [1.807, 2.05) is 41.9 Å². The lowest BCUT2D eigenvalue weighted by Gasteiger charge is -2.27. The SMILES string of the molecule is CCC(C)(C)n1nnnc1CN(Cc1ccccc1Cl)Cc1cc2cc(C)cc(C)c2[nH]c1=O. The number of hydrogen-bond donors (Lipinski definition) is 1. The second-order valence-corrected chi connectivity index (χ2v) is 9.99. The minimum absolute atomic E-state index is 0.0860. The summed E-state index contributed by atoms with van der Waals surface area (Å²) in [6, 6.07) is 13.9. The molecular formula is C26H31ClN6O. The smallest absolute Gasteiger partial charge is 0.252 e. The molecule has 0 saturated carbocycles. The lowest BCUT2D eigenvalue weighted by atomic mass is 10.0. The van der Waals surface area contributed by atoms with Gasteiger partial charge >= 0.3 is 0 Å². The summed E-state index contributed by atoms with van der Waals surface area (Å²) < 4.78 is 1.88. The molecule has 0 saturated heterocycles. The maximum absolute atomic E-state index is 13.0. The van der Waals surface area contributed by atoms with E-state index >= 15 is 0 Å². The van der Waals surface area contributed by atoms with Gasteiger partial charge < -0.3 is 4.98 Å². The molecule has 0 fully saturated rings. The van der Waals surface area contributed by atoms with E-state index < -0.39 is 0 Å². The first-order chi connectivity index (χ1) is 16.2. The number of hydrogen-bond acceptors (Lipinski definition) is 5. The maximum atomic E-state index is 13.0. The number of aromatic nitrogens is 5. The summed E-state index contributed by atoms with van der Waals surface area (Å²) in [4.78, 5) is 18.3. The number of rotatable bonds is 8. The van der Waals surface area contributed by atoms with Crippen LogP contribution in [0.5, 0.6) is 0 Å². The number of aromatic amines is 1. The van der Waals surface area contributed by atoms with Crippen LogP contribution < -0.4 is 5.56 Å². The summed E-state index contributed by atoms with van der Waals surface area (Å²) in [6.07, 6.45) is 0.887. The first-order valence-electron chi connectivity index (χ1n) is 11.5. The van der Waals surface area contributed by atoms with Crippen LogP contribution in [0.1, 0.15) is 55.3 Å². The van der Waals surface area contributed by atoms with E-state index in [0.717, 1.165) is 39.8 Å². The lowest BCUT2D eigenvalue weighted by Crippen LogP contribution is -2.33. The van der Waals surface area contributed by atoms with Gasteiger partial charge in [0.25, 0.3) is 5.56 Å². The number of benzene rings is 2. The van der Waals surface area contributed by atoms with E-state index in [4.69, 9.17) is 11.6 Å². The molecule has 0 bridgehead atoms. The maximum Gasteiger partial charge on any atom is 0.252 e. The molecule has 0 atom stereocenters. The standard InChI is InChI=1S/C26H31ClN6O/c1-6-26(4,5)33-23(29-30-31-33)16-32(14-19-9-7-8-10-22(19)27)15-21-13-20-12-17(2)11-18(3)24(20)28-25(21)34/h7-13H,6,14-16H2,1-5H3,(H,28,34). The van der Waals surface area contributed by atoms with Crippen molar-refractivity contribution in [2.24, 2.45) is 0 Å². The van der Waals surface area contributed by atoms with Gasteiger partial charge in [0.15, 0.2) is 5.82 Å². The number of tetrazole rings is 1. The molecule has 2 aromatic carbocycles. The van der Waals surface area contributed by atoms with Crippen molar-refractivity contribution < 1.29 is 0 Å². The number of nitrogens with one attached hydrogen (secondary N) is 1.